The molecule has 106 valence electrons. The fourth-order valence-electron chi connectivity index (χ4n) is 2.52. The first-order valence-electron chi connectivity index (χ1n) is 6.96. The van der Waals surface area contributed by atoms with E-state index in [4.69, 9.17) is 0 Å². The Morgan fingerprint density at radius 2 is 2.47 bits per heavy atom. The van der Waals surface area contributed by atoms with E-state index in [2.05, 4.69) is 12.2 Å². The molecule has 2 N–H and O–H groups in total. The first-order chi connectivity index (χ1) is 9.26. The topological polar surface area (TPSA) is 52.6 Å². The van der Waals surface area contributed by atoms with Crippen molar-refractivity contribution < 1.29 is 9.90 Å². The van der Waals surface area contributed by atoms with Gasteiger partial charge in [0.2, 0.25) is 0 Å². The Hall–Kier alpha value is -0.910. The van der Waals surface area contributed by atoms with Crippen LogP contribution in [0.3, 0.4) is 0 Å². The zero-order valence-corrected chi connectivity index (χ0v) is 12.2. The maximum absolute atomic E-state index is 12.6. The predicted octanol–water partition coefficient (Wildman–Crippen LogP) is 1.50. The van der Waals surface area contributed by atoms with Crippen molar-refractivity contribution in [1.29, 1.82) is 0 Å². The van der Waals surface area contributed by atoms with Crippen molar-refractivity contribution in [2.75, 3.05) is 26.2 Å². The number of carbonyl (C=O) groups is 1. The highest BCUT2D eigenvalue weighted by molar-refractivity contribution is 7.12. The van der Waals surface area contributed by atoms with Gasteiger partial charge in [-0.15, -0.1) is 11.3 Å². The average molecular weight is 282 g/mol. The Balaban J connectivity index is 2.06. The van der Waals surface area contributed by atoms with E-state index in [1.54, 1.807) is 4.90 Å². The van der Waals surface area contributed by atoms with Gasteiger partial charge in [0.05, 0.1) is 11.5 Å². The number of amides is 1. The van der Waals surface area contributed by atoms with Crippen LogP contribution in [-0.2, 0) is 6.42 Å². The Morgan fingerprint density at radius 1 is 1.63 bits per heavy atom. The second kappa shape index (κ2) is 7.03. The molecule has 0 spiro atoms. The SMILES string of the molecule is CCc1ccsc1C(=O)N(CCO)CC1CCCN1. The van der Waals surface area contributed by atoms with Crippen LogP contribution >= 0.6 is 11.3 Å². The monoisotopic (exact) mass is 282 g/mol. The third-order valence-corrected chi connectivity index (χ3v) is 4.53. The number of thiophene rings is 1. The molecule has 0 bridgehead atoms. The van der Waals surface area contributed by atoms with E-state index < -0.39 is 0 Å². The summed E-state index contributed by atoms with van der Waals surface area (Å²) in [5.74, 6) is 0.0644. The summed E-state index contributed by atoms with van der Waals surface area (Å²) in [7, 11) is 0. The van der Waals surface area contributed by atoms with E-state index in [0.717, 1.165) is 29.8 Å². The molecule has 1 fully saturated rings. The van der Waals surface area contributed by atoms with E-state index in [9.17, 15) is 9.90 Å². The lowest BCUT2D eigenvalue weighted by molar-refractivity contribution is 0.0710. The van der Waals surface area contributed by atoms with Crippen LogP contribution in [0.15, 0.2) is 11.4 Å². The molecule has 5 heteroatoms. The highest BCUT2D eigenvalue weighted by atomic mass is 32.1. The number of aliphatic hydroxyl groups is 1. The van der Waals surface area contributed by atoms with Gasteiger partial charge < -0.3 is 15.3 Å². The molecule has 0 aliphatic carbocycles. The fourth-order valence-corrected chi connectivity index (χ4v) is 3.48. The maximum Gasteiger partial charge on any atom is 0.264 e. The molecule has 0 radical (unpaired) electrons. The third-order valence-electron chi connectivity index (χ3n) is 3.58. The Bertz CT molecular complexity index is 413. The molecule has 2 rings (SSSR count). The van der Waals surface area contributed by atoms with Crippen LogP contribution < -0.4 is 5.32 Å². The number of aliphatic hydroxyl groups excluding tert-OH is 1. The number of nitrogens with one attached hydrogen (secondary N) is 1. The molecule has 0 aromatic carbocycles. The molecule has 1 aliphatic rings. The van der Waals surface area contributed by atoms with E-state index in [-0.39, 0.29) is 12.5 Å². The van der Waals surface area contributed by atoms with Gasteiger partial charge in [0.1, 0.15) is 0 Å². The Labute approximate surface area is 118 Å². The van der Waals surface area contributed by atoms with Crippen molar-refractivity contribution in [3.63, 3.8) is 0 Å². The van der Waals surface area contributed by atoms with Gasteiger partial charge in [-0.05, 0) is 42.8 Å². The molecule has 2 heterocycles. The zero-order valence-electron chi connectivity index (χ0n) is 11.4. The van der Waals surface area contributed by atoms with Crippen LogP contribution in [0.5, 0.6) is 0 Å². The molecule has 1 aromatic heterocycles. The van der Waals surface area contributed by atoms with E-state index in [1.807, 2.05) is 11.4 Å². The molecule has 4 nitrogen and oxygen atoms in total. The molecule has 1 amide bonds. The zero-order chi connectivity index (χ0) is 13.7. The number of rotatable bonds is 6. The molecule has 1 unspecified atom stereocenters. The van der Waals surface area contributed by atoms with Gasteiger partial charge >= 0.3 is 0 Å². The standard InChI is InChI=1S/C14H22N2O2S/c1-2-11-5-9-19-13(11)14(18)16(7-8-17)10-12-4-3-6-15-12/h5,9,12,15,17H,2-4,6-8,10H2,1H3. The molecule has 0 saturated carbocycles. The van der Waals surface area contributed by atoms with E-state index in [1.165, 1.54) is 17.8 Å². The van der Waals surface area contributed by atoms with Crippen LogP contribution in [0.2, 0.25) is 0 Å². The average Bonchev–Trinajstić information content (AvgIpc) is 3.08. The highest BCUT2D eigenvalue weighted by Crippen LogP contribution is 2.20. The summed E-state index contributed by atoms with van der Waals surface area (Å²) in [6.45, 7) is 4.22. The van der Waals surface area contributed by atoms with Crippen molar-refractivity contribution in [3.05, 3.63) is 21.9 Å². The molecular weight excluding hydrogens is 260 g/mol. The lowest BCUT2D eigenvalue weighted by atomic mass is 10.1. The summed E-state index contributed by atoms with van der Waals surface area (Å²) in [6, 6.07) is 2.39. The number of nitrogens with zero attached hydrogens (tertiary/aromatic N) is 1. The summed E-state index contributed by atoms with van der Waals surface area (Å²) in [5.41, 5.74) is 1.11. The Morgan fingerprint density at radius 3 is 3.11 bits per heavy atom. The fraction of sp³-hybridized carbons (Fsp3) is 0.643. The summed E-state index contributed by atoms with van der Waals surface area (Å²) in [5, 5.41) is 14.5. The van der Waals surface area contributed by atoms with Gasteiger partial charge in [-0.1, -0.05) is 6.92 Å². The molecule has 19 heavy (non-hydrogen) atoms. The first kappa shape index (κ1) is 14.5. The van der Waals surface area contributed by atoms with Crippen molar-refractivity contribution in [2.45, 2.75) is 32.2 Å². The number of carbonyl (C=O) groups excluding carboxylic acids is 1. The summed E-state index contributed by atoms with van der Waals surface area (Å²) < 4.78 is 0. The van der Waals surface area contributed by atoms with Gasteiger partial charge in [-0.25, -0.2) is 0 Å². The van der Waals surface area contributed by atoms with Gasteiger partial charge in [0, 0.05) is 19.1 Å². The van der Waals surface area contributed by atoms with Gasteiger partial charge in [0.15, 0.2) is 0 Å². The second-order valence-corrected chi connectivity index (χ2v) is 5.81. The predicted molar refractivity (Wildman–Crippen MR) is 77.7 cm³/mol. The van der Waals surface area contributed by atoms with Gasteiger partial charge in [0.25, 0.3) is 5.91 Å². The van der Waals surface area contributed by atoms with Crippen molar-refractivity contribution >= 4 is 17.2 Å². The molecule has 1 aliphatic heterocycles. The van der Waals surface area contributed by atoms with Crippen LogP contribution in [-0.4, -0.2) is 48.2 Å². The van der Waals surface area contributed by atoms with Crippen molar-refractivity contribution in [2.24, 2.45) is 0 Å². The number of hydrogen-bond acceptors (Lipinski definition) is 4. The normalized spacial score (nSPS) is 18.7. The lowest BCUT2D eigenvalue weighted by Gasteiger charge is -2.25. The minimum atomic E-state index is 0.0191. The van der Waals surface area contributed by atoms with Crippen LogP contribution in [0.4, 0.5) is 0 Å². The minimum absolute atomic E-state index is 0.0191. The summed E-state index contributed by atoms with van der Waals surface area (Å²) in [6.07, 6.45) is 3.16. The van der Waals surface area contributed by atoms with Gasteiger partial charge in [-0.3, -0.25) is 4.79 Å². The van der Waals surface area contributed by atoms with E-state index >= 15 is 0 Å². The van der Waals surface area contributed by atoms with E-state index in [0.29, 0.717) is 19.1 Å². The molecule has 1 saturated heterocycles. The van der Waals surface area contributed by atoms with Crippen LogP contribution in [0, 0.1) is 0 Å². The Kier molecular flexibility index (Phi) is 5.36. The van der Waals surface area contributed by atoms with Crippen molar-refractivity contribution in [1.82, 2.24) is 10.2 Å². The quantitative estimate of drug-likeness (QED) is 0.831. The summed E-state index contributed by atoms with van der Waals surface area (Å²) >= 11 is 1.50. The van der Waals surface area contributed by atoms with Gasteiger partial charge in [-0.2, -0.15) is 0 Å². The first-order valence-corrected chi connectivity index (χ1v) is 7.84. The molecule has 1 aromatic rings. The summed E-state index contributed by atoms with van der Waals surface area (Å²) in [4.78, 5) is 15.2. The largest absolute Gasteiger partial charge is 0.395 e. The van der Waals surface area contributed by atoms with Crippen LogP contribution in [0.1, 0.15) is 35.0 Å². The second-order valence-electron chi connectivity index (χ2n) is 4.90. The number of aryl methyl sites for hydroxylation is 1. The van der Waals surface area contributed by atoms with Crippen LogP contribution in [0.25, 0.3) is 0 Å². The maximum atomic E-state index is 12.6. The smallest absolute Gasteiger partial charge is 0.264 e. The van der Waals surface area contributed by atoms with Crippen molar-refractivity contribution in [3.8, 4) is 0 Å². The molecular formula is C14H22N2O2S. The molecule has 1 atom stereocenters. The lowest BCUT2D eigenvalue weighted by Crippen LogP contribution is -2.42. The third kappa shape index (κ3) is 3.55. The number of hydrogen-bond donors (Lipinski definition) is 2. The minimum Gasteiger partial charge on any atom is -0.395 e. The highest BCUT2D eigenvalue weighted by Gasteiger charge is 2.24.